The number of nitrogens with one attached hydrogen (secondary N) is 1. The summed E-state index contributed by atoms with van der Waals surface area (Å²) in [6, 6.07) is 1.98. The number of amides is 1. The molecule has 3 heterocycles. The molecule has 1 fully saturated rings. The van der Waals surface area contributed by atoms with E-state index in [2.05, 4.69) is 25.2 Å². The van der Waals surface area contributed by atoms with E-state index in [1.807, 2.05) is 18.4 Å². The predicted octanol–water partition coefficient (Wildman–Crippen LogP) is 2.10. The average Bonchev–Trinajstić information content (AvgIpc) is 3.00. The lowest BCUT2D eigenvalue weighted by molar-refractivity contribution is -0.120. The Morgan fingerprint density at radius 1 is 1.33 bits per heavy atom. The van der Waals surface area contributed by atoms with E-state index in [4.69, 9.17) is 0 Å². The smallest absolute Gasteiger partial charge is 0.229 e. The number of carbonyl (C=O) groups is 1. The Bertz CT molecular complexity index is 608. The van der Waals surface area contributed by atoms with Gasteiger partial charge in [0.15, 0.2) is 5.13 Å². The minimum atomic E-state index is 0.0492. The normalized spacial score (nSPS) is 16.0. The van der Waals surface area contributed by atoms with Crippen LogP contribution in [0.4, 0.5) is 10.9 Å². The summed E-state index contributed by atoms with van der Waals surface area (Å²) in [6.45, 7) is 3.64. The summed E-state index contributed by atoms with van der Waals surface area (Å²) < 4.78 is 0. The molecule has 21 heavy (non-hydrogen) atoms. The molecule has 7 heteroatoms. The van der Waals surface area contributed by atoms with E-state index < -0.39 is 0 Å². The lowest BCUT2D eigenvalue weighted by Gasteiger charge is -2.31. The third-order valence-corrected chi connectivity index (χ3v) is 4.33. The molecule has 2 aromatic rings. The molecular weight excluding hydrogens is 286 g/mol. The largest absolute Gasteiger partial charge is 0.356 e. The molecule has 0 atom stereocenters. The highest BCUT2D eigenvalue weighted by molar-refractivity contribution is 7.13. The van der Waals surface area contributed by atoms with Gasteiger partial charge in [0.2, 0.25) is 5.91 Å². The minimum Gasteiger partial charge on any atom is -0.356 e. The zero-order chi connectivity index (χ0) is 14.7. The molecule has 0 aromatic carbocycles. The fourth-order valence-corrected chi connectivity index (χ4v) is 3.01. The van der Waals surface area contributed by atoms with Crippen molar-refractivity contribution in [1.82, 2.24) is 15.0 Å². The zero-order valence-corrected chi connectivity index (χ0v) is 12.6. The third-order valence-electron chi connectivity index (χ3n) is 3.64. The molecule has 1 aliphatic rings. The van der Waals surface area contributed by atoms with Crippen molar-refractivity contribution in [2.75, 3.05) is 23.3 Å². The van der Waals surface area contributed by atoms with Crippen LogP contribution in [-0.4, -0.2) is 33.9 Å². The Morgan fingerprint density at radius 3 is 2.81 bits per heavy atom. The number of anilines is 2. The second kappa shape index (κ2) is 6.17. The second-order valence-electron chi connectivity index (χ2n) is 5.11. The summed E-state index contributed by atoms with van der Waals surface area (Å²) in [5.74, 6) is 1.07. The van der Waals surface area contributed by atoms with Crippen LogP contribution >= 0.6 is 11.3 Å². The molecule has 0 saturated carbocycles. The SMILES string of the molecule is Cc1cc(N2CCC(C(=O)Nc3nccs3)CC2)ncn1. The van der Waals surface area contributed by atoms with Crippen molar-refractivity contribution in [2.24, 2.45) is 5.92 Å². The number of aryl methyl sites for hydroxylation is 1. The molecule has 1 saturated heterocycles. The van der Waals surface area contributed by atoms with Gasteiger partial charge < -0.3 is 10.2 Å². The van der Waals surface area contributed by atoms with E-state index in [1.165, 1.54) is 11.3 Å². The highest BCUT2D eigenvalue weighted by Crippen LogP contribution is 2.23. The van der Waals surface area contributed by atoms with Crippen LogP contribution in [0.5, 0.6) is 0 Å². The van der Waals surface area contributed by atoms with Gasteiger partial charge in [0.05, 0.1) is 0 Å². The van der Waals surface area contributed by atoms with Gasteiger partial charge in [0.25, 0.3) is 0 Å². The maximum atomic E-state index is 12.2. The van der Waals surface area contributed by atoms with Crippen molar-refractivity contribution in [3.05, 3.63) is 29.7 Å². The molecule has 110 valence electrons. The van der Waals surface area contributed by atoms with Crippen LogP contribution in [-0.2, 0) is 4.79 Å². The summed E-state index contributed by atoms with van der Waals surface area (Å²) in [6.07, 6.45) is 4.95. The molecule has 0 radical (unpaired) electrons. The van der Waals surface area contributed by atoms with E-state index >= 15 is 0 Å². The van der Waals surface area contributed by atoms with Crippen LogP contribution in [0.25, 0.3) is 0 Å². The quantitative estimate of drug-likeness (QED) is 0.940. The standard InChI is InChI=1S/C14H17N5OS/c1-10-8-12(17-9-16-10)19-5-2-11(3-6-19)13(20)18-14-15-4-7-21-14/h4,7-9,11H,2-3,5-6H2,1H3,(H,15,18,20). The van der Waals surface area contributed by atoms with Crippen LogP contribution in [0.2, 0.25) is 0 Å². The van der Waals surface area contributed by atoms with Crippen LogP contribution in [0, 0.1) is 12.8 Å². The van der Waals surface area contributed by atoms with Crippen molar-refractivity contribution < 1.29 is 4.79 Å². The highest BCUT2D eigenvalue weighted by Gasteiger charge is 2.26. The van der Waals surface area contributed by atoms with E-state index in [1.54, 1.807) is 12.5 Å². The van der Waals surface area contributed by atoms with Crippen LogP contribution in [0.3, 0.4) is 0 Å². The fourth-order valence-electron chi connectivity index (χ4n) is 2.48. The van der Waals surface area contributed by atoms with E-state index in [0.29, 0.717) is 5.13 Å². The predicted molar refractivity (Wildman–Crippen MR) is 82.4 cm³/mol. The van der Waals surface area contributed by atoms with E-state index in [9.17, 15) is 4.79 Å². The van der Waals surface area contributed by atoms with Gasteiger partial charge in [-0.3, -0.25) is 4.79 Å². The van der Waals surface area contributed by atoms with Gasteiger partial charge in [-0.2, -0.15) is 0 Å². The van der Waals surface area contributed by atoms with Crippen LogP contribution < -0.4 is 10.2 Å². The van der Waals surface area contributed by atoms with Gasteiger partial charge in [-0.1, -0.05) is 0 Å². The monoisotopic (exact) mass is 303 g/mol. The number of hydrogen-bond acceptors (Lipinski definition) is 6. The maximum absolute atomic E-state index is 12.2. The van der Waals surface area contributed by atoms with Gasteiger partial charge in [0.1, 0.15) is 12.1 Å². The molecular formula is C14H17N5OS. The molecule has 0 bridgehead atoms. The zero-order valence-electron chi connectivity index (χ0n) is 11.8. The Kier molecular flexibility index (Phi) is 4.10. The Balaban J connectivity index is 1.56. The fraction of sp³-hybridized carbons (Fsp3) is 0.429. The summed E-state index contributed by atoms with van der Waals surface area (Å²) in [4.78, 5) is 26.9. The topological polar surface area (TPSA) is 71.0 Å². The first-order valence-corrected chi connectivity index (χ1v) is 7.84. The van der Waals surface area contributed by atoms with Gasteiger partial charge in [-0.25, -0.2) is 15.0 Å². The van der Waals surface area contributed by atoms with Gasteiger partial charge in [-0.05, 0) is 19.8 Å². The van der Waals surface area contributed by atoms with E-state index in [0.717, 1.165) is 37.4 Å². The number of aromatic nitrogens is 3. The molecule has 0 aliphatic carbocycles. The molecule has 3 rings (SSSR count). The number of nitrogens with zero attached hydrogens (tertiary/aromatic N) is 4. The van der Waals surface area contributed by atoms with Crippen molar-refractivity contribution in [3.63, 3.8) is 0 Å². The number of carbonyl (C=O) groups excluding carboxylic acids is 1. The minimum absolute atomic E-state index is 0.0492. The van der Waals surface area contributed by atoms with Crippen LogP contribution in [0.15, 0.2) is 24.0 Å². The summed E-state index contributed by atoms with van der Waals surface area (Å²) in [5.41, 5.74) is 0.962. The van der Waals surface area contributed by atoms with Gasteiger partial charge in [0, 0.05) is 42.3 Å². The molecule has 0 unspecified atom stereocenters. The molecule has 0 spiro atoms. The summed E-state index contributed by atoms with van der Waals surface area (Å²) in [7, 11) is 0. The number of piperidine rings is 1. The van der Waals surface area contributed by atoms with Gasteiger partial charge in [-0.15, -0.1) is 11.3 Å². The average molecular weight is 303 g/mol. The summed E-state index contributed by atoms with van der Waals surface area (Å²) >= 11 is 1.44. The van der Waals surface area contributed by atoms with Gasteiger partial charge >= 0.3 is 0 Å². The number of rotatable bonds is 3. The molecule has 2 aromatic heterocycles. The van der Waals surface area contributed by atoms with Crippen molar-refractivity contribution in [2.45, 2.75) is 19.8 Å². The first-order chi connectivity index (χ1) is 10.2. The lowest BCUT2D eigenvalue weighted by Crippen LogP contribution is -2.38. The first kappa shape index (κ1) is 13.9. The Morgan fingerprint density at radius 2 is 2.14 bits per heavy atom. The number of hydrogen-bond donors (Lipinski definition) is 1. The molecule has 1 aliphatic heterocycles. The number of thiazole rings is 1. The second-order valence-corrected chi connectivity index (χ2v) is 6.00. The Hall–Kier alpha value is -2.02. The lowest BCUT2D eigenvalue weighted by atomic mass is 9.96. The molecule has 6 nitrogen and oxygen atoms in total. The Labute approximate surface area is 127 Å². The molecule has 1 N–H and O–H groups in total. The third kappa shape index (κ3) is 3.36. The van der Waals surface area contributed by atoms with E-state index in [-0.39, 0.29) is 11.8 Å². The highest BCUT2D eigenvalue weighted by atomic mass is 32.1. The van der Waals surface area contributed by atoms with Crippen LogP contribution in [0.1, 0.15) is 18.5 Å². The van der Waals surface area contributed by atoms with Crippen molar-refractivity contribution in [1.29, 1.82) is 0 Å². The maximum Gasteiger partial charge on any atom is 0.229 e. The first-order valence-electron chi connectivity index (χ1n) is 6.96. The van der Waals surface area contributed by atoms with Crippen molar-refractivity contribution in [3.8, 4) is 0 Å². The van der Waals surface area contributed by atoms with Crippen molar-refractivity contribution >= 4 is 28.2 Å². The summed E-state index contributed by atoms with van der Waals surface area (Å²) in [5, 5.41) is 5.41. The molecule has 1 amide bonds.